The Labute approximate surface area is 279 Å². The van der Waals surface area contributed by atoms with Gasteiger partial charge >= 0.3 is 0 Å². The molecule has 0 aromatic heterocycles. The molecule has 0 saturated carbocycles. The molecule has 264 valence electrons. The molecule has 0 aromatic carbocycles. The Hall–Kier alpha value is -1.43. The number of carbonyl (C=O) groups is 1. The summed E-state index contributed by atoms with van der Waals surface area (Å²) in [5.74, 6) is -0.520. The van der Waals surface area contributed by atoms with Crippen molar-refractivity contribution >= 4 is 5.91 Å². The highest BCUT2D eigenvalue weighted by atomic mass is 16.3. The van der Waals surface area contributed by atoms with E-state index in [1.165, 1.54) is 128 Å². The normalized spacial score (nSPS) is 14.2. The van der Waals surface area contributed by atoms with E-state index in [0.29, 0.717) is 6.42 Å². The molecule has 0 aliphatic carbocycles. The molecule has 0 aliphatic rings. The molecule has 5 nitrogen and oxygen atoms in total. The van der Waals surface area contributed by atoms with Gasteiger partial charge in [-0.2, -0.15) is 0 Å². The molecule has 0 aromatic rings. The first kappa shape index (κ1) is 43.6. The number of rotatable bonds is 34. The molecule has 5 heteroatoms. The van der Waals surface area contributed by atoms with Crippen LogP contribution in [0.1, 0.15) is 187 Å². The van der Waals surface area contributed by atoms with E-state index in [4.69, 9.17) is 0 Å². The monoisotopic (exact) mass is 634 g/mol. The molecule has 45 heavy (non-hydrogen) atoms. The van der Waals surface area contributed by atoms with Gasteiger partial charge in [-0.3, -0.25) is 4.79 Å². The summed E-state index contributed by atoms with van der Waals surface area (Å²) in [5, 5.41) is 32.9. The first-order valence-corrected chi connectivity index (χ1v) is 19.3. The van der Waals surface area contributed by atoms with Crippen molar-refractivity contribution in [2.75, 3.05) is 6.61 Å². The fourth-order valence-electron chi connectivity index (χ4n) is 5.61. The van der Waals surface area contributed by atoms with Crippen LogP contribution in [0.2, 0.25) is 0 Å². The van der Waals surface area contributed by atoms with E-state index >= 15 is 0 Å². The minimum absolute atomic E-state index is 0.378. The molecule has 0 aliphatic heterocycles. The van der Waals surface area contributed by atoms with Gasteiger partial charge < -0.3 is 20.6 Å². The second-order valence-electron chi connectivity index (χ2n) is 13.1. The van der Waals surface area contributed by atoms with Gasteiger partial charge in [0.25, 0.3) is 0 Å². The minimum atomic E-state index is -1.11. The Kier molecular flexibility index (Phi) is 34.3. The van der Waals surface area contributed by atoms with E-state index < -0.39 is 24.2 Å². The van der Waals surface area contributed by atoms with Crippen molar-refractivity contribution in [3.63, 3.8) is 0 Å². The number of hydrogen-bond acceptors (Lipinski definition) is 4. The topological polar surface area (TPSA) is 89.8 Å². The van der Waals surface area contributed by atoms with Crippen LogP contribution in [0.15, 0.2) is 36.5 Å². The number of aliphatic hydroxyl groups is 3. The minimum Gasteiger partial charge on any atom is -0.394 e. The maximum absolute atomic E-state index is 12.4. The molecule has 0 rings (SSSR count). The van der Waals surface area contributed by atoms with E-state index in [1.807, 2.05) is 6.08 Å². The highest BCUT2D eigenvalue weighted by Gasteiger charge is 2.22. The quantitative estimate of drug-likeness (QED) is 0.0419. The van der Waals surface area contributed by atoms with Crippen LogP contribution in [-0.2, 0) is 4.79 Å². The number of unbranched alkanes of at least 4 members (excludes halogenated alkanes) is 22. The molecule has 0 fully saturated rings. The van der Waals surface area contributed by atoms with Gasteiger partial charge in [0.15, 0.2) is 0 Å². The molecule has 0 heterocycles. The van der Waals surface area contributed by atoms with E-state index in [1.54, 1.807) is 6.08 Å². The summed E-state index contributed by atoms with van der Waals surface area (Å²) < 4.78 is 0. The van der Waals surface area contributed by atoms with Gasteiger partial charge in [-0.15, -0.1) is 0 Å². The molecule has 0 radical (unpaired) electrons. The predicted octanol–water partition coefficient (Wildman–Crippen LogP) is 10.4. The molecular weight excluding hydrogens is 558 g/mol. The van der Waals surface area contributed by atoms with Crippen LogP contribution in [0.25, 0.3) is 0 Å². The largest absolute Gasteiger partial charge is 0.394 e. The van der Waals surface area contributed by atoms with Crippen LogP contribution >= 0.6 is 0 Å². The van der Waals surface area contributed by atoms with Crippen molar-refractivity contribution in [1.29, 1.82) is 0 Å². The lowest BCUT2D eigenvalue weighted by atomic mass is 10.0. The Bertz CT molecular complexity index is 704. The van der Waals surface area contributed by atoms with Gasteiger partial charge in [-0.05, 0) is 57.8 Å². The molecule has 0 saturated heterocycles. The summed E-state index contributed by atoms with van der Waals surface area (Å²) in [6, 6.07) is -0.814. The highest BCUT2D eigenvalue weighted by molar-refractivity contribution is 5.80. The van der Waals surface area contributed by atoms with E-state index in [9.17, 15) is 20.1 Å². The lowest BCUT2D eigenvalue weighted by Crippen LogP contribution is -2.48. The third-order valence-electron chi connectivity index (χ3n) is 8.70. The lowest BCUT2D eigenvalue weighted by molar-refractivity contribution is -0.131. The van der Waals surface area contributed by atoms with E-state index in [0.717, 1.165) is 38.5 Å². The summed E-state index contributed by atoms with van der Waals surface area (Å²) in [4.78, 5) is 12.4. The summed E-state index contributed by atoms with van der Waals surface area (Å²) in [5.41, 5.74) is 0. The molecule has 3 atom stereocenters. The second kappa shape index (κ2) is 35.4. The average Bonchev–Trinajstić information content (AvgIpc) is 3.04. The zero-order chi connectivity index (χ0) is 33.1. The second-order valence-corrected chi connectivity index (χ2v) is 13.1. The van der Waals surface area contributed by atoms with Gasteiger partial charge in [0.1, 0.15) is 6.10 Å². The van der Waals surface area contributed by atoms with Crippen molar-refractivity contribution in [2.24, 2.45) is 0 Å². The van der Waals surface area contributed by atoms with Crippen molar-refractivity contribution in [3.8, 4) is 0 Å². The third-order valence-corrected chi connectivity index (χ3v) is 8.70. The van der Waals surface area contributed by atoms with Crippen LogP contribution in [0, 0.1) is 0 Å². The van der Waals surface area contributed by atoms with E-state index in [-0.39, 0.29) is 6.61 Å². The molecule has 4 N–H and O–H groups in total. The molecule has 0 bridgehead atoms. The third kappa shape index (κ3) is 31.0. The fraction of sp³-hybridized carbons (Fsp3) is 0.825. The molecule has 3 unspecified atom stereocenters. The number of amides is 1. The van der Waals surface area contributed by atoms with Gasteiger partial charge in [0.05, 0.1) is 18.8 Å². The average molecular weight is 634 g/mol. The SMILES string of the molecule is CCCCCCCC/C=C/CC/C=C/C(O)C(CO)NC(=O)C(O)CCCCCCCC/C=C\CCCCCCCCCCC. The molecular formula is C40H75NO4. The summed E-state index contributed by atoms with van der Waals surface area (Å²) in [6.45, 7) is 4.13. The zero-order valence-corrected chi connectivity index (χ0v) is 29.7. The van der Waals surface area contributed by atoms with Crippen molar-refractivity contribution < 1.29 is 20.1 Å². The number of hydrogen-bond donors (Lipinski definition) is 4. The summed E-state index contributed by atoms with van der Waals surface area (Å²) in [6.07, 6.45) is 43.1. The summed E-state index contributed by atoms with van der Waals surface area (Å²) in [7, 11) is 0. The van der Waals surface area contributed by atoms with Crippen LogP contribution in [0.5, 0.6) is 0 Å². The van der Waals surface area contributed by atoms with Crippen LogP contribution in [-0.4, -0.2) is 46.1 Å². The predicted molar refractivity (Wildman–Crippen MR) is 194 cm³/mol. The Morgan fingerprint density at radius 2 is 0.911 bits per heavy atom. The van der Waals surface area contributed by atoms with Gasteiger partial charge in [0, 0.05) is 0 Å². The fourth-order valence-corrected chi connectivity index (χ4v) is 5.61. The Morgan fingerprint density at radius 3 is 1.36 bits per heavy atom. The van der Waals surface area contributed by atoms with Gasteiger partial charge in [0.2, 0.25) is 5.91 Å². The van der Waals surface area contributed by atoms with E-state index in [2.05, 4.69) is 43.5 Å². The Morgan fingerprint density at radius 1 is 0.533 bits per heavy atom. The Balaban J connectivity index is 3.75. The molecule has 1 amide bonds. The molecule has 0 spiro atoms. The van der Waals surface area contributed by atoms with Crippen LogP contribution < -0.4 is 5.32 Å². The van der Waals surface area contributed by atoms with Crippen molar-refractivity contribution in [3.05, 3.63) is 36.5 Å². The van der Waals surface area contributed by atoms with Gasteiger partial charge in [-0.1, -0.05) is 166 Å². The maximum Gasteiger partial charge on any atom is 0.249 e. The number of allylic oxidation sites excluding steroid dienone is 5. The van der Waals surface area contributed by atoms with Crippen molar-refractivity contribution in [1.82, 2.24) is 5.32 Å². The number of aliphatic hydroxyl groups excluding tert-OH is 3. The highest BCUT2D eigenvalue weighted by Crippen LogP contribution is 2.13. The first-order chi connectivity index (χ1) is 22.1. The van der Waals surface area contributed by atoms with Gasteiger partial charge in [-0.25, -0.2) is 0 Å². The number of nitrogens with one attached hydrogen (secondary N) is 1. The first-order valence-electron chi connectivity index (χ1n) is 19.3. The smallest absolute Gasteiger partial charge is 0.249 e. The van der Waals surface area contributed by atoms with Crippen molar-refractivity contribution in [2.45, 2.75) is 205 Å². The zero-order valence-electron chi connectivity index (χ0n) is 29.7. The number of carbonyl (C=O) groups excluding carboxylic acids is 1. The lowest BCUT2D eigenvalue weighted by Gasteiger charge is -2.21. The van der Waals surface area contributed by atoms with Crippen LogP contribution in [0.4, 0.5) is 0 Å². The standard InChI is InChI=1S/C40H75NO4/c1-3-5-7-9-11-13-15-17-18-19-20-21-22-23-25-27-29-31-33-35-39(44)40(45)41-37(36-42)38(43)34-32-30-28-26-24-16-14-12-10-8-6-4-2/h20-21,24,26,32,34,37-39,42-44H,3-19,22-23,25,27-31,33,35-36H2,1-2H3,(H,41,45)/b21-20-,26-24+,34-32+. The van der Waals surface area contributed by atoms with Crippen LogP contribution in [0.3, 0.4) is 0 Å². The summed E-state index contributed by atoms with van der Waals surface area (Å²) >= 11 is 0. The maximum atomic E-state index is 12.4.